The van der Waals surface area contributed by atoms with Gasteiger partial charge in [-0.15, -0.1) is 0 Å². The fourth-order valence-corrected chi connectivity index (χ4v) is 5.45. The second-order valence-electron chi connectivity index (χ2n) is 10.9. The van der Waals surface area contributed by atoms with Crippen LogP contribution in [0.25, 0.3) is 11.0 Å². The number of benzene rings is 2. The number of amides is 1. The lowest BCUT2D eigenvalue weighted by Gasteiger charge is -2.14. The number of hydrogen-bond donors (Lipinski definition) is 1. The van der Waals surface area contributed by atoms with E-state index < -0.39 is 0 Å². The van der Waals surface area contributed by atoms with Crippen LogP contribution in [-0.2, 0) is 13.1 Å². The lowest BCUT2D eigenvalue weighted by molar-refractivity contribution is 0.0948. The van der Waals surface area contributed by atoms with Crippen molar-refractivity contribution in [2.45, 2.75) is 110 Å². The van der Waals surface area contributed by atoms with E-state index in [9.17, 15) is 4.79 Å². The highest BCUT2D eigenvalue weighted by Gasteiger charge is 2.18. The maximum atomic E-state index is 13.1. The number of nitrogens with zero attached hydrogens (tertiary/aromatic N) is 2. The van der Waals surface area contributed by atoms with Crippen LogP contribution in [0, 0.1) is 0 Å². The molecule has 1 N–H and O–H groups in total. The van der Waals surface area contributed by atoms with Crippen molar-refractivity contribution in [3.8, 4) is 17.2 Å². The van der Waals surface area contributed by atoms with E-state index in [1.54, 1.807) is 33.5 Å². The minimum absolute atomic E-state index is 0.223. The van der Waals surface area contributed by atoms with Crippen LogP contribution < -0.4 is 19.5 Å². The normalized spacial score (nSPS) is 11.1. The van der Waals surface area contributed by atoms with Crippen LogP contribution >= 0.6 is 0 Å². The third kappa shape index (κ3) is 9.98. The number of carbonyl (C=O) groups excluding carboxylic acids is 1. The van der Waals surface area contributed by atoms with E-state index in [1.807, 2.05) is 18.2 Å². The number of imidazole rings is 1. The molecule has 7 heteroatoms. The summed E-state index contributed by atoms with van der Waals surface area (Å²) in [5.74, 6) is 1.99. The molecule has 0 spiro atoms. The zero-order valence-corrected chi connectivity index (χ0v) is 25.8. The molecule has 226 valence electrons. The van der Waals surface area contributed by atoms with Crippen LogP contribution in [0.5, 0.6) is 17.2 Å². The van der Waals surface area contributed by atoms with Gasteiger partial charge in [0.2, 0.25) is 5.75 Å². The standard InChI is InChI=1S/C34H51N3O4/c1-5-6-7-8-9-10-11-12-13-14-15-16-17-20-23-37-29-22-19-18-21-28(29)36-32(37)26-35-34(38)27-24-30(39-2)33(41-4)31(25-27)40-3/h18-19,21-22,24-25H,5-17,20,23,26H2,1-4H3,(H,35,38). The van der Waals surface area contributed by atoms with Crippen molar-refractivity contribution in [1.29, 1.82) is 0 Å². The number of methoxy groups -OCH3 is 3. The van der Waals surface area contributed by atoms with Crippen molar-refractivity contribution in [3.05, 3.63) is 47.8 Å². The van der Waals surface area contributed by atoms with Gasteiger partial charge < -0.3 is 24.1 Å². The summed E-state index contributed by atoms with van der Waals surface area (Å²) < 4.78 is 18.4. The van der Waals surface area contributed by atoms with Crippen molar-refractivity contribution >= 4 is 16.9 Å². The minimum atomic E-state index is -0.223. The molecule has 0 atom stereocenters. The smallest absolute Gasteiger partial charge is 0.251 e. The van der Waals surface area contributed by atoms with Crippen LogP contribution in [0.3, 0.4) is 0 Å². The van der Waals surface area contributed by atoms with Crippen LogP contribution in [0.15, 0.2) is 36.4 Å². The van der Waals surface area contributed by atoms with Gasteiger partial charge in [0, 0.05) is 12.1 Å². The number of nitrogens with one attached hydrogen (secondary N) is 1. The van der Waals surface area contributed by atoms with Gasteiger partial charge in [0.05, 0.1) is 38.9 Å². The molecule has 3 rings (SSSR count). The topological polar surface area (TPSA) is 74.6 Å². The predicted octanol–water partition coefficient (Wildman–Crippen LogP) is 8.47. The van der Waals surface area contributed by atoms with Gasteiger partial charge in [-0.25, -0.2) is 4.98 Å². The Morgan fingerprint density at radius 3 is 1.83 bits per heavy atom. The first-order valence-electron chi connectivity index (χ1n) is 15.6. The first kappa shape index (κ1) is 32.3. The number of carbonyl (C=O) groups is 1. The molecule has 0 aliphatic carbocycles. The number of aromatic nitrogens is 2. The molecule has 0 saturated carbocycles. The van der Waals surface area contributed by atoms with Gasteiger partial charge in [-0.05, 0) is 30.7 Å². The predicted molar refractivity (Wildman–Crippen MR) is 167 cm³/mol. The fourth-order valence-electron chi connectivity index (χ4n) is 5.45. The molecule has 1 heterocycles. The van der Waals surface area contributed by atoms with Crippen molar-refractivity contribution < 1.29 is 19.0 Å². The quantitative estimate of drug-likeness (QED) is 0.131. The largest absolute Gasteiger partial charge is 0.493 e. The monoisotopic (exact) mass is 565 g/mol. The highest BCUT2D eigenvalue weighted by atomic mass is 16.5. The van der Waals surface area contributed by atoms with E-state index in [0.717, 1.165) is 29.8 Å². The number of unbranched alkanes of at least 4 members (excludes halogenated alkanes) is 13. The van der Waals surface area contributed by atoms with Crippen LogP contribution in [0.1, 0.15) is 113 Å². The van der Waals surface area contributed by atoms with E-state index in [0.29, 0.717) is 29.4 Å². The summed E-state index contributed by atoms with van der Waals surface area (Å²) in [5.41, 5.74) is 2.50. The third-order valence-electron chi connectivity index (χ3n) is 7.80. The summed E-state index contributed by atoms with van der Waals surface area (Å²) >= 11 is 0. The zero-order chi connectivity index (χ0) is 29.3. The molecule has 0 saturated heterocycles. The molecular weight excluding hydrogens is 514 g/mol. The van der Waals surface area contributed by atoms with Crippen LogP contribution in [-0.4, -0.2) is 36.8 Å². The molecule has 41 heavy (non-hydrogen) atoms. The average Bonchev–Trinajstić information content (AvgIpc) is 3.36. The molecule has 2 aromatic carbocycles. The molecule has 0 unspecified atom stereocenters. The van der Waals surface area contributed by atoms with E-state index >= 15 is 0 Å². The second-order valence-corrected chi connectivity index (χ2v) is 10.9. The van der Waals surface area contributed by atoms with Crippen molar-refractivity contribution in [3.63, 3.8) is 0 Å². The molecule has 7 nitrogen and oxygen atoms in total. The van der Waals surface area contributed by atoms with E-state index in [1.165, 1.54) is 83.5 Å². The van der Waals surface area contributed by atoms with Gasteiger partial charge in [-0.1, -0.05) is 103 Å². The highest BCUT2D eigenvalue weighted by molar-refractivity contribution is 5.95. The maximum absolute atomic E-state index is 13.1. The second kappa shape index (κ2) is 18.3. The zero-order valence-electron chi connectivity index (χ0n) is 25.8. The van der Waals surface area contributed by atoms with Crippen LogP contribution in [0.2, 0.25) is 0 Å². The van der Waals surface area contributed by atoms with Gasteiger partial charge >= 0.3 is 0 Å². The summed E-state index contributed by atoms with van der Waals surface area (Å²) in [6.45, 7) is 3.51. The lowest BCUT2D eigenvalue weighted by atomic mass is 10.0. The highest BCUT2D eigenvalue weighted by Crippen LogP contribution is 2.38. The average molecular weight is 566 g/mol. The fraction of sp³-hybridized carbons (Fsp3) is 0.588. The molecule has 1 aromatic heterocycles. The Morgan fingerprint density at radius 2 is 1.29 bits per heavy atom. The van der Waals surface area contributed by atoms with E-state index in [2.05, 4.69) is 22.9 Å². The molecule has 1 amide bonds. The summed E-state index contributed by atoms with van der Waals surface area (Å²) in [7, 11) is 4.62. The maximum Gasteiger partial charge on any atom is 0.251 e. The summed E-state index contributed by atoms with van der Waals surface area (Å²) in [6, 6.07) is 11.5. The first-order valence-corrected chi connectivity index (χ1v) is 15.6. The summed E-state index contributed by atoms with van der Waals surface area (Å²) in [4.78, 5) is 17.9. The summed E-state index contributed by atoms with van der Waals surface area (Å²) in [5, 5.41) is 3.03. The van der Waals surface area contributed by atoms with E-state index in [4.69, 9.17) is 19.2 Å². The number of rotatable bonds is 21. The lowest BCUT2D eigenvalue weighted by Crippen LogP contribution is -2.25. The first-order chi connectivity index (χ1) is 20.1. The number of ether oxygens (including phenoxy) is 3. The molecule has 0 radical (unpaired) electrons. The Kier molecular flexibility index (Phi) is 14.4. The third-order valence-corrected chi connectivity index (χ3v) is 7.80. The van der Waals surface area contributed by atoms with Gasteiger partial charge in [-0.3, -0.25) is 4.79 Å². The van der Waals surface area contributed by atoms with E-state index in [-0.39, 0.29) is 5.91 Å². The number of hydrogen-bond acceptors (Lipinski definition) is 5. The Hall–Kier alpha value is -3.22. The van der Waals surface area contributed by atoms with Gasteiger partial charge in [0.1, 0.15) is 5.82 Å². The number of fused-ring (bicyclic) bond motifs is 1. The molecular formula is C34H51N3O4. The van der Waals surface area contributed by atoms with Gasteiger partial charge in [-0.2, -0.15) is 0 Å². The molecule has 0 bridgehead atoms. The summed E-state index contributed by atoms with van der Waals surface area (Å²) in [6.07, 6.45) is 18.8. The molecule has 0 aliphatic rings. The Labute approximate surface area is 247 Å². The molecule has 0 aliphatic heterocycles. The van der Waals surface area contributed by atoms with Crippen molar-refractivity contribution in [2.75, 3.05) is 21.3 Å². The number of aryl methyl sites for hydroxylation is 1. The van der Waals surface area contributed by atoms with Gasteiger partial charge in [0.25, 0.3) is 5.91 Å². The van der Waals surface area contributed by atoms with Crippen molar-refractivity contribution in [1.82, 2.24) is 14.9 Å². The molecule has 0 fully saturated rings. The van der Waals surface area contributed by atoms with Crippen LogP contribution in [0.4, 0.5) is 0 Å². The molecule has 3 aromatic rings. The van der Waals surface area contributed by atoms with Crippen molar-refractivity contribution in [2.24, 2.45) is 0 Å². The van der Waals surface area contributed by atoms with Gasteiger partial charge in [0.15, 0.2) is 11.5 Å². The Bertz CT molecular complexity index is 1160. The Morgan fingerprint density at radius 1 is 0.756 bits per heavy atom. The SMILES string of the molecule is CCCCCCCCCCCCCCCCn1c(CNC(=O)c2cc(OC)c(OC)c(OC)c2)nc2ccccc21. The minimum Gasteiger partial charge on any atom is -0.493 e. The Balaban J connectivity index is 1.45. The number of para-hydroxylation sites is 2.